The zero-order valence-electron chi connectivity index (χ0n) is 9.06. The molecule has 0 aliphatic carbocycles. The largest absolute Gasteiger partial charge is 0.395 e. The minimum Gasteiger partial charge on any atom is -0.395 e. The molecular weight excluding hydrogens is 216 g/mol. The molecule has 1 aromatic heterocycles. The Balaban J connectivity index is 2.83. The van der Waals surface area contributed by atoms with Gasteiger partial charge in [-0.1, -0.05) is 6.92 Å². The van der Waals surface area contributed by atoms with E-state index in [0.717, 1.165) is 12.5 Å². The molecular formula is C10H15F2N3O. The van der Waals surface area contributed by atoms with E-state index in [0.29, 0.717) is 6.54 Å². The summed E-state index contributed by atoms with van der Waals surface area (Å²) in [4.78, 5) is 3.76. The number of pyridine rings is 1. The molecule has 0 unspecified atom stereocenters. The number of nitrogens with one attached hydrogen (secondary N) is 2. The lowest BCUT2D eigenvalue weighted by atomic mass is 10.3. The fraction of sp³-hybridized carbons (Fsp3) is 0.500. The number of nitrogens with zero attached hydrogens (tertiary/aromatic N) is 1. The molecule has 4 nitrogen and oxygen atoms in total. The summed E-state index contributed by atoms with van der Waals surface area (Å²) in [6, 6.07) is 0.769. The highest BCUT2D eigenvalue weighted by molar-refractivity contribution is 5.47. The van der Waals surface area contributed by atoms with E-state index in [2.05, 4.69) is 15.6 Å². The Labute approximate surface area is 92.7 Å². The van der Waals surface area contributed by atoms with Gasteiger partial charge in [0.1, 0.15) is 0 Å². The number of aliphatic hydroxyl groups is 1. The van der Waals surface area contributed by atoms with Crippen molar-refractivity contribution in [2.24, 2.45) is 0 Å². The van der Waals surface area contributed by atoms with Crippen LogP contribution in [0.15, 0.2) is 6.07 Å². The van der Waals surface area contributed by atoms with Crippen LogP contribution in [-0.2, 0) is 0 Å². The molecule has 0 fully saturated rings. The highest BCUT2D eigenvalue weighted by Gasteiger charge is 2.10. The van der Waals surface area contributed by atoms with E-state index >= 15 is 0 Å². The fourth-order valence-corrected chi connectivity index (χ4v) is 1.13. The quantitative estimate of drug-likeness (QED) is 0.695. The second-order valence-electron chi connectivity index (χ2n) is 3.23. The highest BCUT2D eigenvalue weighted by atomic mass is 19.1. The monoisotopic (exact) mass is 231 g/mol. The molecule has 16 heavy (non-hydrogen) atoms. The Bertz CT molecular complexity index is 318. The highest BCUT2D eigenvalue weighted by Crippen LogP contribution is 2.18. The summed E-state index contributed by atoms with van der Waals surface area (Å²) in [5.41, 5.74) is 0. The van der Waals surface area contributed by atoms with Crippen LogP contribution in [0.1, 0.15) is 13.3 Å². The summed E-state index contributed by atoms with van der Waals surface area (Å²) >= 11 is 0. The lowest BCUT2D eigenvalue weighted by Gasteiger charge is -2.09. The summed E-state index contributed by atoms with van der Waals surface area (Å²) < 4.78 is 26.4. The zero-order chi connectivity index (χ0) is 12.0. The predicted octanol–water partition coefficient (Wildman–Crippen LogP) is 1.59. The van der Waals surface area contributed by atoms with Gasteiger partial charge in [0.25, 0.3) is 0 Å². The van der Waals surface area contributed by atoms with Crippen molar-refractivity contribution < 1.29 is 13.9 Å². The topological polar surface area (TPSA) is 57.2 Å². The van der Waals surface area contributed by atoms with Crippen LogP contribution in [0, 0.1) is 11.6 Å². The van der Waals surface area contributed by atoms with Crippen molar-refractivity contribution in [1.29, 1.82) is 0 Å². The summed E-state index contributed by atoms with van der Waals surface area (Å²) in [5, 5.41) is 13.9. The predicted molar refractivity (Wildman–Crippen MR) is 58.5 cm³/mol. The van der Waals surface area contributed by atoms with Gasteiger partial charge >= 0.3 is 0 Å². The van der Waals surface area contributed by atoms with Gasteiger partial charge in [-0.2, -0.15) is 0 Å². The van der Waals surface area contributed by atoms with E-state index in [4.69, 9.17) is 5.11 Å². The number of hydrogen-bond acceptors (Lipinski definition) is 4. The minimum absolute atomic E-state index is 0.0173. The van der Waals surface area contributed by atoms with E-state index in [-0.39, 0.29) is 24.8 Å². The molecule has 0 aromatic carbocycles. The van der Waals surface area contributed by atoms with E-state index in [1.807, 2.05) is 6.92 Å². The van der Waals surface area contributed by atoms with Crippen molar-refractivity contribution in [2.75, 3.05) is 30.3 Å². The zero-order valence-corrected chi connectivity index (χ0v) is 9.06. The lowest BCUT2D eigenvalue weighted by Crippen LogP contribution is -2.12. The Morgan fingerprint density at radius 3 is 2.25 bits per heavy atom. The van der Waals surface area contributed by atoms with Crippen molar-refractivity contribution in [1.82, 2.24) is 4.98 Å². The SMILES string of the molecule is CCCNc1nc(NCCO)c(F)cc1F. The van der Waals surface area contributed by atoms with E-state index < -0.39 is 11.6 Å². The number of rotatable bonds is 6. The van der Waals surface area contributed by atoms with Gasteiger partial charge in [-0.15, -0.1) is 0 Å². The molecule has 0 amide bonds. The van der Waals surface area contributed by atoms with Gasteiger partial charge in [0.2, 0.25) is 0 Å². The fourth-order valence-electron chi connectivity index (χ4n) is 1.13. The molecule has 1 rings (SSSR count). The second kappa shape index (κ2) is 6.22. The lowest BCUT2D eigenvalue weighted by molar-refractivity contribution is 0.310. The van der Waals surface area contributed by atoms with Gasteiger partial charge in [-0.3, -0.25) is 0 Å². The third-order valence-corrected chi connectivity index (χ3v) is 1.88. The first kappa shape index (κ1) is 12.6. The van der Waals surface area contributed by atoms with Crippen LogP contribution in [0.25, 0.3) is 0 Å². The van der Waals surface area contributed by atoms with Crippen molar-refractivity contribution in [3.05, 3.63) is 17.7 Å². The molecule has 0 spiro atoms. The third kappa shape index (κ3) is 3.30. The van der Waals surface area contributed by atoms with Crippen molar-refractivity contribution in [3.8, 4) is 0 Å². The van der Waals surface area contributed by atoms with Gasteiger partial charge in [0, 0.05) is 19.2 Å². The van der Waals surface area contributed by atoms with Gasteiger partial charge in [0.05, 0.1) is 6.61 Å². The molecule has 90 valence electrons. The molecule has 0 saturated carbocycles. The third-order valence-electron chi connectivity index (χ3n) is 1.88. The average molecular weight is 231 g/mol. The summed E-state index contributed by atoms with van der Waals surface area (Å²) in [7, 11) is 0. The Kier molecular flexibility index (Phi) is 4.91. The Hall–Kier alpha value is -1.43. The van der Waals surface area contributed by atoms with Gasteiger partial charge in [-0.25, -0.2) is 13.8 Å². The number of anilines is 2. The molecule has 6 heteroatoms. The van der Waals surface area contributed by atoms with Crippen LogP contribution in [-0.4, -0.2) is 29.8 Å². The van der Waals surface area contributed by atoms with Gasteiger partial charge in [-0.05, 0) is 6.42 Å². The first-order valence-electron chi connectivity index (χ1n) is 5.13. The average Bonchev–Trinajstić information content (AvgIpc) is 2.26. The maximum absolute atomic E-state index is 13.2. The van der Waals surface area contributed by atoms with Gasteiger partial charge < -0.3 is 15.7 Å². The van der Waals surface area contributed by atoms with Crippen LogP contribution in [0.5, 0.6) is 0 Å². The molecule has 0 radical (unpaired) electrons. The standard InChI is InChI=1S/C10H15F2N3O/c1-2-3-13-9-7(11)6-8(12)10(15-9)14-4-5-16/h6,16H,2-5H2,1H3,(H2,13,14,15). The molecule has 0 aliphatic heterocycles. The normalized spacial score (nSPS) is 10.2. The summed E-state index contributed by atoms with van der Waals surface area (Å²) in [6.07, 6.45) is 0.817. The summed E-state index contributed by atoms with van der Waals surface area (Å²) in [5.74, 6) is -1.54. The molecule has 0 bridgehead atoms. The Morgan fingerprint density at radius 1 is 1.19 bits per heavy atom. The van der Waals surface area contributed by atoms with Crippen molar-refractivity contribution in [3.63, 3.8) is 0 Å². The molecule has 0 saturated heterocycles. The number of aliphatic hydroxyl groups excluding tert-OH is 1. The molecule has 0 atom stereocenters. The van der Waals surface area contributed by atoms with Crippen LogP contribution in [0.4, 0.5) is 20.4 Å². The second-order valence-corrected chi connectivity index (χ2v) is 3.23. The number of aromatic nitrogens is 1. The molecule has 3 N–H and O–H groups in total. The van der Waals surface area contributed by atoms with Crippen LogP contribution < -0.4 is 10.6 Å². The maximum atomic E-state index is 13.2. The van der Waals surface area contributed by atoms with Crippen LogP contribution in [0.2, 0.25) is 0 Å². The maximum Gasteiger partial charge on any atom is 0.168 e. The number of hydrogen-bond donors (Lipinski definition) is 3. The van der Waals surface area contributed by atoms with E-state index in [1.54, 1.807) is 0 Å². The first-order chi connectivity index (χ1) is 7.69. The first-order valence-corrected chi connectivity index (χ1v) is 5.13. The summed E-state index contributed by atoms with van der Waals surface area (Å²) in [6.45, 7) is 2.52. The molecule has 0 aliphatic rings. The van der Waals surface area contributed by atoms with E-state index in [1.165, 1.54) is 0 Å². The molecule has 1 heterocycles. The van der Waals surface area contributed by atoms with Crippen LogP contribution in [0.3, 0.4) is 0 Å². The van der Waals surface area contributed by atoms with Crippen molar-refractivity contribution in [2.45, 2.75) is 13.3 Å². The van der Waals surface area contributed by atoms with Crippen molar-refractivity contribution >= 4 is 11.6 Å². The smallest absolute Gasteiger partial charge is 0.168 e. The molecule has 1 aromatic rings. The van der Waals surface area contributed by atoms with Crippen LogP contribution >= 0.6 is 0 Å². The number of halogens is 2. The van der Waals surface area contributed by atoms with E-state index in [9.17, 15) is 8.78 Å². The van der Waals surface area contributed by atoms with Gasteiger partial charge in [0.15, 0.2) is 23.3 Å². The minimum atomic E-state index is -0.770. The Morgan fingerprint density at radius 2 is 1.75 bits per heavy atom.